The average Bonchev–Trinajstić information content (AvgIpc) is 3.05. The normalized spacial score (nSPS) is 12.8. The molecule has 1 atom stereocenters. The molecular formula is C13H21N5. The smallest absolute Gasteiger partial charge is 0.106 e. The third kappa shape index (κ3) is 3.43. The summed E-state index contributed by atoms with van der Waals surface area (Å²) >= 11 is 0. The van der Waals surface area contributed by atoms with E-state index in [2.05, 4.69) is 40.4 Å². The van der Waals surface area contributed by atoms with E-state index in [1.54, 1.807) is 6.20 Å². The molecule has 0 fully saturated rings. The molecule has 0 spiro atoms. The lowest BCUT2D eigenvalue weighted by Gasteiger charge is -2.11. The highest BCUT2D eigenvalue weighted by atomic mass is 15.3. The van der Waals surface area contributed by atoms with Crippen LogP contribution < -0.4 is 5.32 Å². The summed E-state index contributed by atoms with van der Waals surface area (Å²) in [4.78, 5) is 7.32. The van der Waals surface area contributed by atoms with Crippen LogP contribution in [0.4, 0.5) is 0 Å². The minimum absolute atomic E-state index is 0.349. The second-order valence-corrected chi connectivity index (χ2v) is 4.44. The largest absolute Gasteiger partial charge is 0.349 e. The topological polar surface area (TPSA) is 58.5 Å². The summed E-state index contributed by atoms with van der Waals surface area (Å²) in [5.41, 5.74) is 1.25. The molecule has 2 aromatic rings. The van der Waals surface area contributed by atoms with Crippen LogP contribution in [0, 0.1) is 0 Å². The van der Waals surface area contributed by atoms with E-state index >= 15 is 0 Å². The molecule has 0 amide bonds. The zero-order valence-electron chi connectivity index (χ0n) is 11.1. The van der Waals surface area contributed by atoms with Gasteiger partial charge < -0.3 is 10.3 Å². The van der Waals surface area contributed by atoms with E-state index in [9.17, 15) is 0 Å². The van der Waals surface area contributed by atoms with E-state index in [1.165, 1.54) is 5.56 Å². The van der Waals surface area contributed by atoms with Crippen molar-refractivity contribution in [2.75, 3.05) is 6.54 Å². The molecule has 2 rings (SSSR count). The number of hydrogen-bond donors (Lipinski definition) is 2. The van der Waals surface area contributed by atoms with Gasteiger partial charge in [0.25, 0.3) is 0 Å². The number of nitrogens with zero attached hydrogens (tertiary/aromatic N) is 3. The maximum atomic E-state index is 4.29. The highest BCUT2D eigenvalue weighted by Gasteiger charge is 2.06. The fourth-order valence-electron chi connectivity index (χ4n) is 1.90. The summed E-state index contributed by atoms with van der Waals surface area (Å²) in [5, 5.41) is 7.79. The lowest BCUT2D eigenvalue weighted by atomic mass is 10.2. The highest BCUT2D eigenvalue weighted by molar-refractivity contribution is 5.09. The summed E-state index contributed by atoms with van der Waals surface area (Å²) in [7, 11) is 0. The first-order valence-electron chi connectivity index (χ1n) is 6.53. The van der Waals surface area contributed by atoms with Crippen LogP contribution in [0.3, 0.4) is 0 Å². The van der Waals surface area contributed by atoms with Gasteiger partial charge in [0.1, 0.15) is 5.82 Å². The number of aromatic nitrogens is 4. The fourth-order valence-corrected chi connectivity index (χ4v) is 1.90. The Hall–Kier alpha value is -1.62. The monoisotopic (exact) mass is 247 g/mol. The van der Waals surface area contributed by atoms with Crippen LogP contribution in [0.2, 0.25) is 0 Å². The average molecular weight is 247 g/mol. The van der Waals surface area contributed by atoms with Crippen LogP contribution in [0.5, 0.6) is 0 Å². The minimum Gasteiger partial charge on any atom is -0.349 e. The zero-order valence-corrected chi connectivity index (χ0v) is 11.1. The van der Waals surface area contributed by atoms with Crippen LogP contribution in [-0.4, -0.2) is 26.3 Å². The zero-order chi connectivity index (χ0) is 12.8. The molecule has 1 unspecified atom stereocenters. The van der Waals surface area contributed by atoms with E-state index in [0.29, 0.717) is 6.04 Å². The molecule has 0 saturated heterocycles. The van der Waals surface area contributed by atoms with Gasteiger partial charge in [-0.3, -0.25) is 4.68 Å². The molecule has 0 aliphatic carbocycles. The van der Waals surface area contributed by atoms with Gasteiger partial charge in [-0.1, -0.05) is 0 Å². The third-order valence-electron chi connectivity index (χ3n) is 3.07. The molecule has 2 N–H and O–H groups in total. The molecule has 18 heavy (non-hydrogen) atoms. The maximum absolute atomic E-state index is 4.29. The van der Waals surface area contributed by atoms with Crippen molar-refractivity contribution in [1.29, 1.82) is 0 Å². The van der Waals surface area contributed by atoms with Crippen molar-refractivity contribution in [2.24, 2.45) is 0 Å². The Bertz CT molecular complexity index is 446. The third-order valence-corrected chi connectivity index (χ3v) is 3.07. The SMILES string of the molecule is CCn1cc(C(C)NCCCc2ncc[nH]2)cn1. The number of aryl methyl sites for hydroxylation is 2. The van der Waals surface area contributed by atoms with Crippen LogP contribution in [0.25, 0.3) is 0 Å². The van der Waals surface area contributed by atoms with Gasteiger partial charge in [0.2, 0.25) is 0 Å². The quantitative estimate of drug-likeness (QED) is 0.735. The number of aromatic amines is 1. The fraction of sp³-hybridized carbons (Fsp3) is 0.538. The molecular weight excluding hydrogens is 226 g/mol. The first kappa shape index (κ1) is 12.8. The number of H-pyrrole nitrogens is 1. The second-order valence-electron chi connectivity index (χ2n) is 4.44. The lowest BCUT2D eigenvalue weighted by molar-refractivity contribution is 0.554. The van der Waals surface area contributed by atoms with Crippen molar-refractivity contribution < 1.29 is 0 Å². The van der Waals surface area contributed by atoms with Crippen molar-refractivity contribution in [3.05, 3.63) is 36.2 Å². The summed E-state index contributed by atoms with van der Waals surface area (Å²) in [5.74, 6) is 1.06. The molecule has 0 aliphatic rings. The Morgan fingerprint density at radius 1 is 1.50 bits per heavy atom. The molecule has 0 saturated carbocycles. The van der Waals surface area contributed by atoms with Crippen LogP contribution in [0.15, 0.2) is 24.8 Å². The van der Waals surface area contributed by atoms with E-state index in [4.69, 9.17) is 0 Å². The predicted molar refractivity (Wildman–Crippen MR) is 71.2 cm³/mol. The Morgan fingerprint density at radius 2 is 2.39 bits per heavy atom. The lowest BCUT2D eigenvalue weighted by Crippen LogP contribution is -2.20. The molecule has 0 aliphatic heterocycles. The van der Waals surface area contributed by atoms with Gasteiger partial charge in [-0.15, -0.1) is 0 Å². The van der Waals surface area contributed by atoms with E-state index in [-0.39, 0.29) is 0 Å². The molecule has 5 heteroatoms. The van der Waals surface area contributed by atoms with Gasteiger partial charge in [0.15, 0.2) is 0 Å². The number of imidazole rings is 1. The first-order chi connectivity index (χ1) is 8.79. The van der Waals surface area contributed by atoms with Gasteiger partial charge in [-0.05, 0) is 26.8 Å². The summed E-state index contributed by atoms with van der Waals surface area (Å²) in [6.45, 7) is 6.17. The Kier molecular flexibility index (Phi) is 4.52. The molecule has 0 radical (unpaired) electrons. The van der Waals surface area contributed by atoms with Crippen molar-refractivity contribution in [3.8, 4) is 0 Å². The highest BCUT2D eigenvalue weighted by Crippen LogP contribution is 2.10. The van der Waals surface area contributed by atoms with Gasteiger partial charge in [-0.2, -0.15) is 5.10 Å². The predicted octanol–water partition coefficient (Wildman–Crippen LogP) is 1.91. The van der Waals surface area contributed by atoms with Crippen molar-refractivity contribution >= 4 is 0 Å². The number of nitrogens with one attached hydrogen (secondary N) is 2. The van der Waals surface area contributed by atoms with Gasteiger partial charge in [0, 0.05) is 43.2 Å². The molecule has 0 aromatic carbocycles. The van der Waals surface area contributed by atoms with Crippen LogP contribution in [0.1, 0.15) is 37.7 Å². The van der Waals surface area contributed by atoms with Crippen LogP contribution in [-0.2, 0) is 13.0 Å². The molecule has 5 nitrogen and oxygen atoms in total. The Labute approximate surface area is 108 Å². The number of hydrogen-bond acceptors (Lipinski definition) is 3. The summed E-state index contributed by atoms with van der Waals surface area (Å²) in [6, 6.07) is 0.349. The van der Waals surface area contributed by atoms with Crippen molar-refractivity contribution in [1.82, 2.24) is 25.1 Å². The standard InChI is InChI=1S/C13H21N5/c1-3-18-10-12(9-17-18)11(2)14-6-4-5-13-15-7-8-16-13/h7-11,14H,3-6H2,1-2H3,(H,15,16). The van der Waals surface area contributed by atoms with E-state index in [0.717, 1.165) is 31.8 Å². The molecule has 2 aromatic heterocycles. The summed E-state index contributed by atoms with van der Waals surface area (Å²) < 4.78 is 1.95. The maximum Gasteiger partial charge on any atom is 0.106 e. The van der Waals surface area contributed by atoms with Gasteiger partial charge in [0.05, 0.1) is 6.20 Å². The Balaban J connectivity index is 1.69. The summed E-state index contributed by atoms with van der Waals surface area (Å²) in [6.07, 6.45) is 9.77. The second kappa shape index (κ2) is 6.35. The Morgan fingerprint density at radius 3 is 3.06 bits per heavy atom. The number of rotatable bonds is 7. The van der Waals surface area contributed by atoms with Crippen molar-refractivity contribution in [2.45, 2.75) is 39.3 Å². The van der Waals surface area contributed by atoms with Gasteiger partial charge >= 0.3 is 0 Å². The molecule has 2 heterocycles. The van der Waals surface area contributed by atoms with E-state index in [1.807, 2.05) is 17.1 Å². The minimum atomic E-state index is 0.349. The van der Waals surface area contributed by atoms with Gasteiger partial charge in [-0.25, -0.2) is 4.98 Å². The first-order valence-corrected chi connectivity index (χ1v) is 6.53. The molecule has 98 valence electrons. The van der Waals surface area contributed by atoms with Crippen LogP contribution >= 0.6 is 0 Å². The molecule has 0 bridgehead atoms. The van der Waals surface area contributed by atoms with E-state index < -0.39 is 0 Å². The van der Waals surface area contributed by atoms with Crippen molar-refractivity contribution in [3.63, 3.8) is 0 Å².